The van der Waals surface area contributed by atoms with Crippen LogP contribution in [0.15, 0.2) is 65.8 Å². The van der Waals surface area contributed by atoms with Gasteiger partial charge in [0.1, 0.15) is 0 Å². The summed E-state index contributed by atoms with van der Waals surface area (Å²) in [5, 5.41) is 0. The molecule has 0 aliphatic heterocycles. The predicted octanol–water partition coefficient (Wildman–Crippen LogP) is 3.31. The molecule has 0 heterocycles. The van der Waals surface area contributed by atoms with Gasteiger partial charge in [-0.05, 0) is 28.3 Å². The van der Waals surface area contributed by atoms with E-state index in [4.69, 9.17) is 0 Å². The van der Waals surface area contributed by atoms with Crippen molar-refractivity contribution in [2.45, 2.75) is 0 Å². The maximum Gasteiger partial charge on any atom is -0.0105 e. The van der Waals surface area contributed by atoms with Crippen molar-refractivity contribution in [3.63, 3.8) is 0 Å². The van der Waals surface area contributed by atoms with Gasteiger partial charge in [0.2, 0.25) is 0 Å². The third-order valence-electron chi connectivity index (χ3n) is 2.60. The molecule has 0 fully saturated rings. The average molecular weight is 177 g/mol. The molecule has 0 heteroatoms. The summed E-state index contributed by atoms with van der Waals surface area (Å²) in [5.74, 6) is 0. The van der Waals surface area contributed by atoms with E-state index in [1.807, 2.05) is 12.1 Å². The third-order valence-corrected chi connectivity index (χ3v) is 2.60. The first-order valence-corrected chi connectivity index (χ1v) is 4.73. The number of hydrogen-bond donors (Lipinski definition) is 0. The van der Waals surface area contributed by atoms with Crippen LogP contribution in [0.25, 0.3) is 5.57 Å². The van der Waals surface area contributed by atoms with Crippen LogP contribution in [0.1, 0.15) is 5.56 Å². The van der Waals surface area contributed by atoms with E-state index in [0.717, 1.165) is 0 Å². The molecule has 0 N–H and O–H groups in total. The largest absolute Gasteiger partial charge is 0.0610 e. The van der Waals surface area contributed by atoms with Crippen molar-refractivity contribution in [3.8, 4) is 0 Å². The zero-order valence-corrected chi connectivity index (χ0v) is 7.70. The molecule has 1 radical (unpaired) electrons. The Morgan fingerprint density at radius 1 is 0.857 bits per heavy atom. The van der Waals surface area contributed by atoms with E-state index in [0.29, 0.717) is 0 Å². The van der Waals surface area contributed by atoms with Crippen LogP contribution in [-0.4, -0.2) is 0 Å². The Balaban J connectivity index is 2.05. The molecule has 0 atom stereocenters. The van der Waals surface area contributed by atoms with E-state index in [1.54, 1.807) is 0 Å². The van der Waals surface area contributed by atoms with Crippen LogP contribution < -0.4 is 0 Å². The van der Waals surface area contributed by atoms with Gasteiger partial charge in [-0.1, -0.05) is 54.6 Å². The molecule has 65 valence electrons. The Morgan fingerprint density at radius 3 is 2.57 bits per heavy atom. The van der Waals surface area contributed by atoms with Crippen LogP contribution >= 0.6 is 0 Å². The monoisotopic (exact) mass is 177 g/mol. The molecular formula is C14H9. The maximum absolute atomic E-state index is 3.04. The zero-order chi connectivity index (χ0) is 9.38. The highest BCUT2D eigenvalue weighted by Gasteiger charge is 2.16. The van der Waals surface area contributed by atoms with Crippen LogP contribution in [0.2, 0.25) is 0 Å². The van der Waals surface area contributed by atoms with Crippen LogP contribution in [0.5, 0.6) is 0 Å². The lowest BCUT2D eigenvalue weighted by Gasteiger charge is -2.04. The van der Waals surface area contributed by atoms with Gasteiger partial charge in [-0.2, -0.15) is 0 Å². The van der Waals surface area contributed by atoms with Gasteiger partial charge in [0, 0.05) is 0 Å². The lowest BCUT2D eigenvalue weighted by atomic mass is 9.99. The standard InChI is InChI=1S/C14H9/c1-2-5-11(6-3-1)14-10-9-12-7-4-8-13(12)14/h2-10H. The Bertz CT molecular complexity index is 482. The first-order chi connectivity index (χ1) is 6.95. The van der Waals surface area contributed by atoms with Gasteiger partial charge in [0.05, 0.1) is 0 Å². The SMILES string of the molecule is [c]1ccc(C2=CC=C3C=CC=C32)cc1. The summed E-state index contributed by atoms with van der Waals surface area (Å²) < 4.78 is 0. The van der Waals surface area contributed by atoms with Crippen LogP contribution in [0.3, 0.4) is 0 Å². The smallest absolute Gasteiger partial charge is 0.0105 e. The van der Waals surface area contributed by atoms with Crippen molar-refractivity contribution in [3.05, 3.63) is 77.4 Å². The Labute approximate surface area is 83.6 Å². The molecule has 0 spiro atoms. The second-order valence-corrected chi connectivity index (χ2v) is 3.43. The van der Waals surface area contributed by atoms with Crippen molar-refractivity contribution in [1.29, 1.82) is 0 Å². The molecule has 0 aromatic heterocycles. The molecule has 0 unspecified atom stereocenters. The summed E-state index contributed by atoms with van der Waals surface area (Å²) in [5.41, 5.74) is 5.26. The van der Waals surface area contributed by atoms with Gasteiger partial charge in [-0.3, -0.25) is 0 Å². The Hall–Kier alpha value is -1.82. The molecular weight excluding hydrogens is 168 g/mol. The maximum atomic E-state index is 3.04. The highest BCUT2D eigenvalue weighted by atomic mass is 14.2. The first-order valence-electron chi connectivity index (χ1n) is 4.73. The molecule has 0 bridgehead atoms. The van der Waals surface area contributed by atoms with Gasteiger partial charge < -0.3 is 0 Å². The van der Waals surface area contributed by atoms with E-state index in [-0.39, 0.29) is 0 Å². The Morgan fingerprint density at radius 2 is 1.71 bits per heavy atom. The summed E-state index contributed by atoms with van der Waals surface area (Å²) in [6.07, 6.45) is 10.8. The molecule has 14 heavy (non-hydrogen) atoms. The second-order valence-electron chi connectivity index (χ2n) is 3.43. The van der Waals surface area contributed by atoms with E-state index < -0.39 is 0 Å². The average Bonchev–Trinajstić information content (AvgIpc) is 2.79. The highest BCUT2D eigenvalue weighted by Crippen LogP contribution is 2.36. The summed E-state index contributed by atoms with van der Waals surface area (Å²) in [6.45, 7) is 0. The number of benzene rings is 1. The van der Waals surface area contributed by atoms with E-state index in [2.05, 4.69) is 48.6 Å². The van der Waals surface area contributed by atoms with Crippen LogP contribution in [-0.2, 0) is 0 Å². The van der Waals surface area contributed by atoms with Gasteiger partial charge >= 0.3 is 0 Å². The number of hydrogen-bond acceptors (Lipinski definition) is 0. The topological polar surface area (TPSA) is 0 Å². The lowest BCUT2D eigenvalue weighted by molar-refractivity contribution is 1.58. The molecule has 1 aromatic rings. The first kappa shape index (κ1) is 7.57. The summed E-state index contributed by atoms with van der Waals surface area (Å²) in [6, 6.07) is 11.1. The predicted molar refractivity (Wildman–Crippen MR) is 58.6 cm³/mol. The van der Waals surface area contributed by atoms with E-state index in [9.17, 15) is 0 Å². The number of rotatable bonds is 1. The van der Waals surface area contributed by atoms with E-state index >= 15 is 0 Å². The molecule has 0 saturated carbocycles. The van der Waals surface area contributed by atoms with Crippen LogP contribution in [0, 0.1) is 6.07 Å². The van der Waals surface area contributed by atoms with Crippen molar-refractivity contribution in [1.82, 2.24) is 0 Å². The highest BCUT2D eigenvalue weighted by molar-refractivity contribution is 5.91. The minimum absolute atomic E-state index is 1.27. The van der Waals surface area contributed by atoms with Gasteiger partial charge in [-0.15, -0.1) is 0 Å². The minimum atomic E-state index is 1.27. The summed E-state index contributed by atoms with van der Waals surface area (Å²) >= 11 is 0. The molecule has 2 aliphatic carbocycles. The third kappa shape index (κ3) is 1.01. The van der Waals surface area contributed by atoms with E-state index in [1.165, 1.54) is 22.3 Å². The number of fused-ring (bicyclic) bond motifs is 1. The second kappa shape index (κ2) is 2.85. The Kier molecular flexibility index (Phi) is 1.54. The minimum Gasteiger partial charge on any atom is -0.0610 e. The molecule has 0 amide bonds. The molecule has 1 aromatic carbocycles. The lowest BCUT2D eigenvalue weighted by Crippen LogP contribution is -1.84. The molecule has 0 nitrogen and oxygen atoms in total. The molecule has 3 rings (SSSR count). The summed E-state index contributed by atoms with van der Waals surface area (Å²) in [4.78, 5) is 0. The number of allylic oxidation sites excluding steroid dienone is 8. The zero-order valence-electron chi connectivity index (χ0n) is 7.70. The molecule has 2 aliphatic rings. The fourth-order valence-electron chi connectivity index (χ4n) is 1.91. The van der Waals surface area contributed by atoms with Crippen molar-refractivity contribution in [2.24, 2.45) is 0 Å². The fraction of sp³-hybridized carbons (Fsp3) is 0. The van der Waals surface area contributed by atoms with Crippen LogP contribution in [0.4, 0.5) is 0 Å². The van der Waals surface area contributed by atoms with Gasteiger partial charge in [0.25, 0.3) is 0 Å². The fourth-order valence-corrected chi connectivity index (χ4v) is 1.91. The van der Waals surface area contributed by atoms with Gasteiger partial charge in [-0.25, -0.2) is 0 Å². The van der Waals surface area contributed by atoms with Crippen molar-refractivity contribution >= 4 is 5.57 Å². The summed E-state index contributed by atoms with van der Waals surface area (Å²) in [7, 11) is 0. The quantitative estimate of drug-likeness (QED) is 0.617. The normalized spacial score (nSPS) is 17.6. The van der Waals surface area contributed by atoms with Crippen molar-refractivity contribution < 1.29 is 0 Å². The molecule has 0 saturated heterocycles. The van der Waals surface area contributed by atoms with Crippen molar-refractivity contribution in [2.75, 3.05) is 0 Å². The van der Waals surface area contributed by atoms with Gasteiger partial charge in [0.15, 0.2) is 0 Å².